The predicted octanol–water partition coefficient (Wildman–Crippen LogP) is 4.80. The van der Waals surface area contributed by atoms with E-state index in [0.29, 0.717) is 27.1 Å². The number of fused-ring (bicyclic) bond motifs is 1. The van der Waals surface area contributed by atoms with Gasteiger partial charge in [0, 0.05) is 16.0 Å². The summed E-state index contributed by atoms with van der Waals surface area (Å²) in [5.74, 6) is 1.28. The van der Waals surface area contributed by atoms with Crippen LogP contribution < -0.4 is 10.5 Å². The second-order valence-electron chi connectivity index (χ2n) is 4.66. The number of ether oxygens (including phenoxy) is 1. The van der Waals surface area contributed by atoms with Crippen LogP contribution in [0.4, 0.5) is 0 Å². The van der Waals surface area contributed by atoms with Gasteiger partial charge in [-0.2, -0.15) is 0 Å². The van der Waals surface area contributed by atoms with Gasteiger partial charge in [0.15, 0.2) is 0 Å². The molecule has 0 aliphatic carbocycles. The number of furan rings is 1. The van der Waals surface area contributed by atoms with E-state index in [1.165, 1.54) is 0 Å². The van der Waals surface area contributed by atoms with Crippen LogP contribution in [0.1, 0.15) is 17.4 Å². The molecule has 0 bridgehead atoms. The number of hydrogen-bond acceptors (Lipinski definition) is 3. The normalized spacial score (nSPS) is 12.6. The van der Waals surface area contributed by atoms with Crippen LogP contribution in [-0.4, -0.2) is 7.11 Å². The summed E-state index contributed by atoms with van der Waals surface area (Å²) in [6, 6.07) is 12.2. The molecule has 21 heavy (non-hydrogen) atoms. The van der Waals surface area contributed by atoms with Gasteiger partial charge in [-0.1, -0.05) is 29.3 Å². The smallest absolute Gasteiger partial charge is 0.135 e. The molecule has 0 saturated heterocycles. The van der Waals surface area contributed by atoms with Crippen molar-refractivity contribution in [2.24, 2.45) is 5.73 Å². The van der Waals surface area contributed by atoms with Gasteiger partial charge in [-0.25, -0.2) is 0 Å². The molecule has 2 aromatic carbocycles. The van der Waals surface area contributed by atoms with Crippen LogP contribution in [0.2, 0.25) is 10.0 Å². The molecular formula is C16H13Cl2NO2. The van der Waals surface area contributed by atoms with Crippen molar-refractivity contribution in [2.75, 3.05) is 7.11 Å². The fourth-order valence-corrected chi connectivity index (χ4v) is 2.70. The summed E-state index contributed by atoms with van der Waals surface area (Å²) in [6.45, 7) is 0. The Morgan fingerprint density at radius 2 is 1.95 bits per heavy atom. The highest BCUT2D eigenvalue weighted by atomic mass is 35.5. The molecule has 0 aliphatic rings. The number of rotatable bonds is 3. The Kier molecular flexibility index (Phi) is 3.81. The van der Waals surface area contributed by atoms with Gasteiger partial charge in [0.1, 0.15) is 17.1 Å². The first kappa shape index (κ1) is 14.3. The Balaban J connectivity index is 2.10. The van der Waals surface area contributed by atoms with Crippen molar-refractivity contribution in [3.8, 4) is 5.75 Å². The second-order valence-corrected chi connectivity index (χ2v) is 5.51. The Morgan fingerprint density at radius 1 is 1.14 bits per heavy atom. The van der Waals surface area contributed by atoms with Crippen molar-refractivity contribution in [3.63, 3.8) is 0 Å². The highest BCUT2D eigenvalue weighted by Gasteiger charge is 2.19. The molecule has 0 fully saturated rings. The lowest BCUT2D eigenvalue weighted by atomic mass is 10.0. The summed E-state index contributed by atoms with van der Waals surface area (Å²) in [5.41, 5.74) is 7.77. The third-order valence-corrected chi connectivity index (χ3v) is 3.93. The van der Waals surface area contributed by atoms with Crippen molar-refractivity contribution in [1.82, 2.24) is 0 Å². The SMILES string of the molecule is COc1ccc(Cl)cc1C(N)c1cc2c(Cl)cccc2o1. The highest BCUT2D eigenvalue weighted by Crippen LogP contribution is 2.35. The first-order valence-electron chi connectivity index (χ1n) is 6.37. The zero-order chi connectivity index (χ0) is 15.0. The number of halogens is 2. The van der Waals surface area contributed by atoms with Crippen molar-refractivity contribution >= 4 is 34.2 Å². The van der Waals surface area contributed by atoms with E-state index in [1.807, 2.05) is 24.3 Å². The molecule has 108 valence electrons. The van der Waals surface area contributed by atoms with E-state index in [0.717, 1.165) is 10.9 Å². The Labute approximate surface area is 132 Å². The predicted molar refractivity (Wildman–Crippen MR) is 85.3 cm³/mol. The first-order valence-corrected chi connectivity index (χ1v) is 7.12. The molecule has 1 aromatic heterocycles. The molecule has 0 amide bonds. The Bertz CT molecular complexity index is 798. The van der Waals surface area contributed by atoms with Crippen molar-refractivity contribution in [3.05, 3.63) is 63.8 Å². The molecule has 5 heteroatoms. The molecule has 3 aromatic rings. The molecule has 0 spiro atoms. The maximum Gasteiger partial charge on any atom is 0.135 e. The lowest BCUT2D eigenvalue weighted by molar-refractivity contribution is 0.404. The number of methoxy groups -OCH3 is 1. The Hall–Kier alpha value is -1.68. The molecule has 0 aliphatic heterocycles. The molecular weight excluding hydrogens is 309 g/mol. The van der Waals surface area contributed by atoms with Crippen LogP contribution >= 0.6 is 23.2 Å². The van der Waals surface area contributed by atoms with Gasteiger partial charge < -0.3 is 14.9 Å². The van der Waals surface area contributed by atoms with Gasteiger partial charge in [-0.3, -0.25) is 0 Å². The van der Waals surface area contributed by atoms with E-state index in [1.54, 1.807) is 25.3 Å². The van der Waals surface area contributed by atoms with Gasteiger partial charge >= 0.3 is 0 Å². The van der Waals surface area contributed by atoms with Crippen LogP contribution in [0.3, 0.4) is 0 Å². The summed E-state index contributed by atoms with van der Waals surface area (Å²) >= 11 is 12.2. The molecule has 1 heterocycles. The van der Waals surface area contributed by atoms with Crippen molar-refractivity contribution in [1.29, 1.82) is 0 Å². The van der Waals surface area contributed by atoms with Gasteiger partial charge in [-0.05, 0) is 36.4 Å². The molecule has 2 N–H and O–H groups in total. The summed E-state index contributed by atoms with van der Waals surface area (Å²) in [5, 5.41) is 2.06. The third-order valence-electron chi connectivity index (χ3n) is 3.36. The van der Waals surface area contributed by atoms with Gasteiger partial charge in [-0.15, -0.1) is 0 Å². The minimum Gasteiger partial charge on any atom is -0.496 e. The molecule has 3 nitrogen and oxygen atoms in total. The molecule has 3 rings (SSSR count). The van der Waals surface area contributed by atoms with E-state index in [-0.39, 0.29) is 0 Å². The van der Waals surface area contributed by atoms with E-state index in [2.05, 4.69) is 0 Å². The maximum atomic E-state index is 6.30. The van der Waals surface area contributed by atoms with E-state index in [9.17, 15) is 0 Å². The lowest BCUT2D eigenvalue weighted by Gasteiger charge is -2.14. The Morgan fingerprint density at radius 3 is 2.67 bits per heavy atom. The van der Waals surface area contributed by atoms with Gasteiger partial charge in [0.2, 0.25) is 0 Å². The van der Waals surface area contributed by atoms with Gasteiger partial charge in [0.25, 0.3) is 0 Å². The van der Waals surface area contributed by atoms with Crippen molar-refractivity contribution < 1.29 is 9.15 Å². The third kappa shape index (κ3) is 2.60. The topological polar surface area (TPSA) is 48.4 Å². The molecule has 1 unspecified atom stereocenters. The highest BCUT2D eigenvalue weighted by molar-refractivity contribution is 6.35. The van der Waals surface area contributed by atoms with Crippen molar-refractivity contribution in [2.45, 2.75) is 6.04 Å². The summed E-state index contributed by atoms with van der Waals surface area (Å²) in [4.78, 5) is 0. The number of nitrogens with two attached hydrogens (primary N) is 1. The van der Waals surface area contributed by atoms with E-state index >= 15 is 0 Å². The van der Waals surface area contributed by atoms with Crippen LogP contribution in [0.25, 0.3) is 11.0 Å². The number of benzene rings is 2. The maximum absolute atomic E-state index is 6.30. The molecule has 0 radical (unpaired) electrons. The van der Waals surface area contributed by atoms with Crippen LogP contribution in [0.15, 0.2) is 46.9 Å². The van der Waals surface area contributed by atoms with Gasteiger partial charge in [0.05, 0.1) is 18.2 Å². The second kappa shape index (κ2) is 5.60. The van der Waals surface area contributed by atoms with Crippen LogP contribution in [0.5, 0.6) is 5.75 Å². The summed E-state index contributed by atoms with van der Waals surface area (Å²) in [7, 11) is 1.59. The zero-order valence-electron chi connectivity index (χ0n) is 11.3. The average molecular weight is 322 g/mol. The largest absolute Gasteiger partial charge is 0.496 e. The monoisotopic (exact) mass is 321 g/mol. The summed E-state index contributed by atoms with van der Waals surface area (Å²) in [6.07, 6.45) is 0. The standard InChI is InChI=1S/C16H13Cl2NO2/c1-20-13-6-5-9(17)7-11(13)16(19)15-8-10-12(18)3-2-4-14(10)21-15/h2-8,16H,19H2,1H3. The molecule has 0 saturated carbocycles. The minimum atomic E-state index is -0.484. The average Bonchev–Trinajstić information content (AvgIpc) is 2.92. The zero-order valence-corrected chi connectivity index (χ0v) is 12.8. The lowest BCUT2D eigenvalue weighted by Crippen LogP contribution is -2.12. The molecule has 1 atom stereocenters. The van der Waals surface area contributed by atoms with E-state index < -0.39 is 6.04 Å². The fraction of sp³-hybridized carbons (Fsp3) is 0.125. The first-order chi connectivity index (χ1) is 10.1. The number of hydrogen-bond donors (Lipinski definition) is 1. The van der Waals surface area contributed by atoms with Crippen LogP contribution in [-0.2, 0) is 0 Å². The fourth-order valence-electron chi connectivity index (χ4n) is 2.30. The van der Waals surface area contributed by atoms with E-state index in [4.69, 9.17) is 38.1 Å². The quantitative estimate of drug-likeness (QED) is 0.754. The summed E-state index contributed by atoms with van der Waals surface area (Å²) < 4.78 is 11.1. The minimum absolute atomic E-state index is 0.484. The van der Waals surface area contributed by atoms with Crippen LogP contribution in [0, 0.1) is 0 Å².